The lowest BCUT2D eigenvalue weighted by Gasteiger charge is -2.12. The molecule has 3 rings (SSSR count). The molecule has 0 aliphatic heterocycles. The predicted molar refractivity (Wildman–Crippen MR) is 85.9 cm³/mol. The van der Waals surface area contributed by atoms with Crippen molar-refractivity contribution >= 4 is 21.5 Å². The molecule has 20 heavy (non-hydrogen) atoms. The van der Waals surface area contributed by atoms with Crippen molar-refractivity contribution in [1.29, 1.82) is 0 Å². The lowest BCUT2D eigenvalue weighted by atomic mass is 9.97. The van der Waals surface area contributed by atoms with Crippen LogP contribution in [0.2, 0.25) is 0 Å². The van der Waals surface area contributed by atoms with Gasteiger partial charge >= 0.3 is 0 Å². The van der Waals surface area contributed by atoms with E-state index >= 15 is 0 Å². The minimum Gasteiger partial charge on any atom is -0.372 e. The highest BCUT2D eigenvalue weighted by molar-refractivity contribution is 6.02. The molecule has 0 heterocycles. The van der Waals surface area contributed by atoms with Crippen LogP contribution in [0, 0.1) is 0 Å². The summed E-state index contributed by atoms with van der Waals surface area (Å²) >= 11 is 0. The summed E-state index contributed by atoms with van der Waals surface area (Å²) in [5.41, 5.74) is 2.31. The number of hydrogen-bond donors (Lipinski definition) is 0. The first-order valence-electron chi connectivity index (χ1n) is 6.87. The molecule has 0 saturated carbocycles. The average molecular weight is 262 g/mol. The highest BCUT2D eigenvalue weighted by atomic mass is 16.5. The van der Waals surface area contributed by atoms with Crippen molar-refractivity contribution in [2.24, 2.45) is 0 Å². The fourth-order valence-corrected chi connectivity index (χ4v) is 2.59. The first-order chi connectivity index (χ1) is 9.75. The largest absolute Gasteiger partial charge is 0.372 e. The molecule has 0 radical (unpaired) electrons. The SMILES string of the molecule is C=C(C)COCc1c2ccccc2cc2ccccc12. The van der Waals surface area contributed by atoms with Gasteiger partial charge in [-0.1, -0.05) is 60.7 Å². The molecule has 0 unspecified atom stereocenters. The van der Waals surface area contributed by atoms with Gasteiger partial charge < -0.3 is 4.74 Å². The van der Waals surface area contributed by atoms with E-state index in [4.69, 9.17) is 4.74 Å². The summed E-state index contributed by atoms with van der Waals surface area (Å²) in [7, 11) is 0. The lowest BCUT2D eigenvalue weighted by Crippen LogP contribution is -1.98. The third-order valence-electron chi connectivity index (χ3n) is 3.48. The Kier molecular flexibility index (Phi) is 3.53. The van der Waals surface area contributed by atoms with Crippen molar-refractivity contribution < 1.29 is 4.74 Å². The fraction of sp³-hybridized carbons (Fsp3) is 0.158. The summed E-state index contributed by atoms with van der Waals surface area (Å²) in [5, 5.41) is 5.07. The van der Waals surface area contributed by atoms with E-state index in [-0.39, 0.29) is 0 Å². The summed E-state index contributed by atoms with van der Waals surface area (Å²) in [6, 6.07) is 19.2. The quantitative estimate of drug-likeness (QED) is 0.470. The number of fused-ring (bicyclic) bond motifs is 2. The molecule has 0 fully saturated rings. The zero-order chi connectivity index (χ0) is 13.9. The van der Waals surface area contributed by atoms with E-state index in [2.05, 4.69) is 61.2 Å². The number of ether oxygens (including phenoxy) is 1. The molecule has 0 aliphatic rings. The Morgan fingerprint density at radius 3 is 2.05 bits per heavy atom. The second kappa shape index (κ2) is 5.48. The monoisotopic (exact) mass is 262 g/mol. The van der Waals surface area contributed by atoms with Crippen molar-refractivity contribution in [2.75, 3.05) is 6.61 Å². The highest BCUT2D eigenvalue weighted by Crippen LogP contribution is 2.29. The second-order valence-electron chi connectivity index (χ2n) is 5.25. The van der Waals surface area contributed by atoms with Crippen LogP contribution < -0.4 is 0 Å². The van der Waals surface area contributed by atoms with E-state index in [1.807, 2.05) is 6.92 Å². The summed E-state index contributed by atoms with van der Waals surface area (Å²) in [5.74, 6) is 0. The van der Waals surface area contributed by atoms with Gasteiger partial charge in [0, 0.05) is 0 Å². The van der Waals surface area contributed by atoms with Crippen LogP contribution in [-0.4, -0.2) is 6.61 Å². The Bertz CT molecular complexity index is 717. The smallest absolute Gasteiger partial charge is 0.0733 e. The van der Waals surface area contributed by atoms with Gasteiger partial charge in [-0.2, -0.15) is 0 Å². The van der Waals surface area contributed by atoms with Crippen LogP contribution in [0.25, 0.3) is 21.5 Å². The van der Waals surface area contributed by atoms with Gasteiger partial charge in [0.1, 0.15) is 0 Å². The Labute approximate surface area is 119 Å². The summed E-state index contributed by atoms with van der Waals surface area (Å²) in [6.07, 6.45) is 0. The summed E-state index contributed by atoms with van der Waals surface area (Å²) in [4.78, 5) is 0. The van der Waals surface area contributed by atoms with Crippen LogP contribution >= 0.6 is 0 Å². The van der Waals surface area contributed by atoms with E-state index in [1.165, 1.54) is 27.1 Å². The Morgan fingerprint density at radius 2 is 1.50 bits per heavy atom. The van der Waals surface area contributed by atoms with Gasteiger partial charge in [0.15, 0.2) is 0 Å². The van der Waals surface area contributed by atoms with Crippen LogP contribution in [0.15, 0.2) is 66.7 Å². The topological polar surface area (TPSA) is 9.23 Å². The molecule has 1 heteroatoms. The standard InChI is InChI=1S/C19H18O/c1-14(2)12-20-13-19-17-9-5-3-7-15(17)11-16-8-4-6-10-18(16)19/h3-11H,1,12-13H2,2H3. The molecule has 3 aromatic rings. The molecule has 0 N–H and O–H groups in total. The van der Waals surface area contributed by atoms with E-state index in [9.17, 15) is 0 Å². The molecular weight excluding hydrogens is 244 g/mol. The Morgan fingerprint density at radius 1 is 0.950 bits per heavy atom. The van der Waals surface area contributed by atoms with Crippen LogP contribution in [0.3, 0.4) is 0 Å². The second-order valence-corrected chi connectivity index (χ2v) is 5.25. The molecule has 0 spiro atoms. The van der Waals surface area contributed by atoms with Gasteiger partial charge in [-0.15, -0.1) is 0 Å². The van der Waals surface area contributed by atoms with Crippen molar-refractivity contribution in [3.8, 4) is 0 Å². The van der Waals surface area contributed by atoms with E-state index < -0.39 is 0 Å². The minimum absolute atomic E-state index is 0.609. The summed E-state index contributed by atoms with van der Waals surface area (Å²) in [6.45, 7) is 7.10. The van der Waals surface area contributed by atoms with Crippen LogP contribution in [-0.2, 0) is 11.3 Å². The van der Waals surface area contributed by atoms with Crippen LogP contribution in [0.1, 0.15) is 12.5 Å². The molecular formula is C19H18O. The van der Waals surface area contributed by atoms with E-state index in [0.29, 0.717) is 13.2 Å². The third-order valence-corrected chi connectivity index (χ3v) is 3.48. The molecule has 0 amide bonds. The van der Waals surface area contributed by atoms with Gasteiger partial charge in [-0.25, -0.2) is 0 Å². The maximum atomic E-state index is 5.80. The fourth-order valence-electron chi connectivity index (χ4n) is 2.59. The van der Waals surface area contributed by atoms with Gasteiger partial charge in [0.05, 0.1) is 13.2 Å². The van der Waals surface area contributed by atoms with Gasteiger partial charge in [0.25, 0.3) is 0 Å². The van der Waals surface area contributed by atoms with Crippen molar-refractivity contribution in [3.63, 3.8) is 0 Å². The van der Waals surface area contributed by atoms with Gasteiger partial charge in [-0.05, 0) is 40.1 Å². The average Bonchev–Trinajstić information content (AvgIpc) is 2.46. The third kappa shape index (κ3) is 2.45. The Balaban J connectivity index is 2.15. The first kappa shape index (κ1) is 12.9. The molecule has 1 nitrogen and oxygen atoms in total. The molecule has 3 aromatic carbocycles. The number of rotatable bonds is 4. The van der Waals surface area contributed by atoms with Gasteiger partial charge in [-0.3, -0.25) is 0 Å². The van der Waals surface area contributed by atoms with Crippen molar-refractivity contribution in [3.05, 3.63) is 72.3 Å². The van der Waals surface area contributed by atoms with E-state index in [0.717, 1.165) is 5.57 Å². The van der Waals surface area contributed by atoms with Gasteiger partial charge in [0.2, 0.25) is 0 Å². The molecule has 0 bridgehead atoms. The molecule has 100 valence electrons. The molecule has 0 saturated heterocycles. The predicted octanol–water partition coefficient (Wildman–Crippen LogP) is 5.09. The van der Waals surface area contributed by atoms with Crippen LogP contribution in [0.4, 0.5) is 0 Å². The van der Waals surface area contributed by atoms with Crippen LogP contribution in [0.5, 0.6) is 0 Å². The lowest BCUT2D eigenvalue weighted by molar-refractivity contribution is 0.144. The first-order valence-corrected chi connectivity index (χ1v) is 6.87. The number of benzene rings is 3. The summed E-state index contributed by atoms with van der Waals surface area (Å²) < 4.78 is 5.80. The maximum absolute atomic E-state index is 5.80. The normalized spacial score (nSPS) is 11.1. The highest BCUT2D eigenvalue weighted by Gasteiger charge is 2.07. The molecule has 0 aliphatic carbocycles. The zero-order valence-corrected chi connectivity index (χ0v) is 11.7. The minimum atomic E-state index is 0.609. The number of hydrogen-bond acceptors (Lipinski definition) is 1. The zero-order valence-electron chi connectivity index (χ0n) is 11.7. The molecule has 0 aromatic heterocycles. The van der Waals surface area contributed by atoms with E-state index in [1.54, 1.807) is 0 Å². The van der Waals surface area contributed by atoms with Crippen molar-refractivity contribution in [2.45, 2.75) is 13.5 Å². The molecule has 0 atom stereocenters. The maximum Gasteiger partial charge on any atom is 0.0733 e. The van der Waals surface area contributed by atoms with Crippen molar-refractivity contribution in [1.82, 2.24) is 0 Å². The Hall–Kier alpha value is -2.12.